The Morgan fingerprint density at radius 3 is 2.58 bits per heavy atom. The van der Waals surface area contributed by atoms with Crippen molar-refractivity contribution in [2.24, 2.45) is 0 Å². The molecule has 1 fully saturated rings. The molecule has 0 amide bonds. The third-order valence-corrected chi connectivity index (χ3v) is 5.34. The second-order valence-electron chi connectivity index (χ2n) is 6.96. The van der Waals surface area contributed by atoms with Crippen LogP contribution in [0.5, 0.6) is 11.5 Å². The minimum atomic E-state index is 0.480. The van der Waals surface area contributed by atoms with Gasteiger partial charge in [-0.3, -0.25) is 4.90 Å². The lowest BCUT2D eigenvalue weighted by Crippen LogP contribution is -2.34. The van der Waals surface area contributed by atoms with Gasteiger partial charge in [0.25, 0.3) is 0 Å². The molecule has 0 unspecified atom stereocenters. The van der Waals surface area contributed by atoms with Crippen molar-refractivity contribution in [1.29, 1.82) is 0 Å². The van der Waals surface area contributed by atoms with Crippen LogP contribution in [0.1, 0.15) is 30.5 Å². The predicted octanol–water partition coefficient (Wildman–Crippen LogP) is 3.67. The molecule has 1 aliphatic rings. The summed E-state index contributed by atoms with van der Waals surface area (Å²) < 4.78 is 10.7. The Labute approximate surface area is 157 Å². The van der Waals surface area contributed by atoms with Crippen LogP contribution in [0.25, 0.3) is 0 Å². The highest BCUT2D eigenvalue weighted by atomic mass is 16.5. The molecule has 1 N–H and O–H groups in total. The van der Waals surface area contributed by atoms with Gasteiger partial charge in [-0.25, -0.2) is 0 Å². The number of ether oxygens (including phenoxy) is 2. The summed E-state index contributed by atoms with van der Waals surface area (Å²) in [5.41, 5.74) is 2.67. The minimum absolute atomic E-state index is 0.480. The van der Waals surface area contributed by atoms with Gasteiger partial charge < -0.3 is 14.8 Å². The molecule has 26 heavy (non-hydrogen) atoms. The van der Waals surface area contributed by atoms with E-state index in [0.29, 0.717) is 12.1 Å². The number of nitrogens with zero attached hydrogens (tertiary/aromatic N) is 1. The first-order chi connectivity index (χ1) is 12.7. The number of methoxy groups -OCH3 is 2. The molecule has 1 heterocycles. The molecule has 1 aliphatic heterocycles. The van der Waals surface area contributed by atoms with E-state index < -0.39 is 0 Å². The van der Waals surface area contributed by atoms with Crippen molar-refractivity contribution in [2.45, 2.75) is 31.8 Å². The zero-order valence-corrected chi connectivity index (χ0v) is 16.1. The van der Waals surface area contributed by atoms with Crippen molar-refractivity contribution in [3.63, 3.8) is 0 Å². The largest absolute Gasteiger partial charge is 0.493 e. The quantitative estimate of drug-likeness (QED) is 0.784. The van der Waals surface area contributed by atoms with Crippen molar-refractivity contribution >= 4 is 0 Å². The maximum absolute atomic E-state index is 5.39. The van der Waals surface area contributed by atoms with Crippen molar-refractivity contribution in [2.75, 3.05) is 33.9 Å². The van der Waals surface area contributed by atoms with Crippen LogP contribution in [0.4, 0.5) is 0 Å². The minimum Gasteiger partial charge on any atom is -0.493 e. The molecule has 4 heteroatoms. The molecular formula is C22H30N2O2. The van der Waals surface area contributed by atoms with Crippen LogP contribution in [-0.2, 0) is 6.42 Å². The van der Waals surface area contributed by atoms with Crippen LogP contribution in [0.3, 0.4) is 0 Å². The zero-order chi connectivity index (χ0) is 18.4. The molecule has 0 aromatic heterocycles. The number of nitrogens with one attached hydrogen (secondary N) is 1. The van der Waals surface area contributed by atoms with E-state index in [4.69, 9.17) is 9.47 Å². The smallest absolute Gasteiger partial charge is 0.160 e. The summed E-state index contributed by atoms with van der Waals surface area (Å²) in [5, 5.41) is 3.72. The Balaban J connectivity index is 1.46. The van der Waals surface area contributed by atoms with E-state index >= 15 is 0 Å². The number of benzene rings is 2. The third-order valence-electron chi connectivity index (χ3n) is 5.34. The molecule has 0 radical (unpaired) electrons. The molecule has 2 aromatic rings. The Morgan fingerprint density at radius 2 is 1.85 bits per heavy atom. The SMILES string of the molecule is COc1ccc(CCN[C@@H]2CCN([C@@H](C)c3ccccc3)C2)cc1OC. The molecule has 0 spiro atoms. The molecule has 1 saturated heterocycles. The van der Waals surface area contributed by atoms with Gasteiger partial charge in [0.15, 0.2) is 11.5 Å². The lowest BCUT2D eigenvalue weighted by molar-refractivity contribution is 0.256. The molecule has 3 rings (SSSR count). The number of rotatable bonds is 8. The first-order valence-corrected chi connectivity index (χ1v) is 9.44. The van der Waals surface area contributed by atoms with Crippen molar-refractivity contribution < 1.29 is 9.47 Å². The van der Waals surface area contributed by atoms with Crippen molar-refractivity contribution in [1.82, 2.24) is 10.2 Å². The average Bonchev–Trinajstić information content (AvgIpc) is 3.16. The van der Waals surface area contributed by atoms with E-state index in [1.165, 1.54) is 17.5 Å². The number of hydrogen-bond acceptors (Lipinski definition) is 4. The summed E-state index contributed by atoms with van der Waals surface area (Å²) in [6.07, 6.45) is 2.20. The van der Waals surface area contributed by atoms with Crippen molar-refractivity contribution in [3.8, 4) is 11.5 Å². The molecule has 0 bridgehead atoms. The molecule has 0 saturated carbocycles. The van der Waals surface area contributed by atoms with E-state index in [-0.39, 0.29) is 0 Å². The van der Waals surface area contributed by atoms with E-state index in [1.54, 1.807) is 14.2 Å². The Bertz CT molecular complexity index is 690. The van der Waals surface area contributed by atoms with Gasteiger partial charge >= 0.3 is 0 Å². The Morgan fingerprint density at radius 1 is 1.08 bits per heavy atom. The summed E-state index contributed by atoms with van der Waals surface area (Å²) in [7, 11) is 3.35. The maximum atomic E-state index is 5.39. The highest BCUT2D eigenvalue weighted by Crippen LogP contribution is 2.28. The van der Waals surface area contributed by atoms with Crippen LogP contribution in [-0.4, -0.2) is 44.8 Å². The third kappa shape index (κ3) is 4.57. The van der Waals surface area contributed by atoms with E-state index in [0.717, 1.165) is 37.6 Å². The number of likely N-dealkylation sites (tertiary alicyclic amines) is 1. The fraction of sp³-hybridized carbons (Fsp3) is 0.455. The monoisotopic (exact) mass is 354 g/mol. The van der Waals surface area contributed by atoms with E-state index in [1.807, 2.05) is 6.07 Å². The van der Waals surface area contributed by atoms with Gasteiger partial charge in [0.2, 0.25) is 0 Å². The van der Waals surface area contributed by atoms with Crippen LogP contribution < -0.4 is 14.8 Å². The molecule has 2 atom stereocenters. The van der Waals surface area contributed by atoms with Crippen LogP contribution in [0.2, 0.25) is 0 Å². The topological polar surface area (TPSA) is 33.7 Å². The summed E-state index contributed by atoms with van der Waals surface area (Å²) >= 11 is 0. The zero-order valence-electron chi connectivity index (χ0n) is 16.1. The van der Waals surface area contributed by atoms with Crippen LogP contribution in [0.15, 0.2) is 48.5 Å². The lowest BCUT2D eigenvalue weighted by Gasteiger charge is -2.25. The lowest BCUT2D eigenvalue weighted by atomic mass is 10.1. The van der Waals surface area contributed by atoms with Crippen LogP contribution in [0, 0.1) is 0 Å². The van der Waals surface area contributed by atoms with E-state index in [9.17, 15) is 0 Å². The standard InChI is InChI=1S/C22H30N2O2/c1-17(19-7-5-4-6-8-19)24-14-12-20(16-24)23-13-11-18-9-10-21(25-2)22(15-18)26-3/h4-10,15,17,20,23H,11-14,16H2,1-3H3/t17-,20+/m0/s1. The van der Waals surface area contributed by atoms with Crippen LogP contribution >= 0.6 is 0 Å². The fourth-order valence-corrected chi connectivity index (χ4v) is 3.70. The first kappa shape index (κ1) is 18.7. The molecule has 140 valence electrons. The van der Waals surface area contributed by atoms with Gasteiger partial charge in [0.05, 0.1) is 14.2 Å². The van der Waals surface area contributed by atoms with Gasteiger partial charge in [-0.1, -0.05) is 36.4 Å². The normalized spacial score (nSPS) is 18.7. The summed E-state index contributed by atoms with van der Waals surface area (Å²) in [4.78, 5) is 2.57. The summed E-state index contributed by atoms with van der Waals surface area (Å²) in [6.45, 7) is 5.56. The highest BCUT2D eigenvalue weighted by molar-refractivity contribution is 5.42. The average molecular weight is 354 g/mol. The second-order valence-corrected chi connectivity index (χ2v) is 6.96. The van der Waals surface area contributed by atoms with E-state index in [2.05, 4.69) is 59.6 Å². The van der Waals surface area contributed by atoms with Gasteiger partial charge in [-0.05, 0) is 49.6 Å². The van der Waals surface area contributed by atoms with Crippen molar-refractivity contribution in [3.05, 3.63) is 59.7 Å². The van der Waals surface area contributed by atoms with Gasteiger partial charge in [0.1, 0.15) is 0 Å². The van der Waals surface area contributed by atoms with Gasteiger partial charge in [-0.15, -0.1) is 0 Å². The summed E-state index contributed by atoms with van der Waals surface area (Å²) in [6, 6.07) is 18.0. The predicted molar refractivity (Wildman–Crippen MR) is 106 cm³/mol. The fourth-order valence-electron chi connectivity index (χ4n) is 3.70. The van der Waals surface area contributed by atoms with Gasteiger partial charge in [0, 0.05) is 25.2 Å². The highest BCUT2D eigenvalue weighted by Gasteiger charge is 2.26. The van der Waals surface area contributed by atoms with Gasteiger partial charge in [-0.2, -0.15) is 0 Å². The molecular weight excluding hydrogens is 324 g/mol. The number of hydrogen-bond donors (Lipinski definition) is 1. The maximum Gasteiger partial charge on any atom is 0.160 e. The second kappa shape index (κ2) is 9.06. The molecule has 0 aliphatic carbocycles. The summed E-state index contributed by atoms with van der Waals surface area (Å²) in [5.74, 6) is 1.58. The first-order valence-electron chi connectivity index (χ1n) is 9.44. The Kier molecular flexibility index (Phi) is 6.53. The molecule has 2 aromatic carbocycles. The Hall–Kier alpha value is -2.04. The molecule has 4 nitrogen and oxygen atoms in total.